The van der Waals surface area contributed by atoms with Crippen molar-refractivity contribution in [2.75, 3.05) is 13.1 Å². The largest absolute Gasteiger partial charge is 0.462 e. The zero-order valence-corrected chi connectivity index (χ0v) is 16.5. The molecule has 0 aromatic heterocycles. The van der Waals surface area contributed by atoms with Crippen LogP contribution in [0.15, 0.2) is 54.6 Å². The minimum Gasteiger partial charge on any atom is -0.462 e. The summed E-state index contributed by atoms with van der Waals surface area (Å²) < 4.78 is 4.55. The first-order valence-corrected chi connectivity index (χ1v) is 9.41. The zero-order valence-electron chi connectivity index (χ0n) is 15.7. The highest BCUT2D eigenvalue weighted by molar-refractivity contribution is 6.30. The Balaban J connectivity index is 0.000000298. The summed E-state index contributed by atoms with van der Waals surface area (Å²) in [6, 6.07) is 19.1. The van der Waals surface area contributed by atoms with E-state index >= 15 is 0 Å². The Morgan fingerprint density at radius 3 is 2.31 bits per heavy atom. The van der Waals surface area contributed by atoms with Crippen molar-refractivity contribution < 1.29 is 9.53 Å². The molecule has 3 rings (SSSR count). The lowest BCUT2D eigenvalue weighted by Crippen LogP contribution is -2.34. The maximum atomic E-state index is 9.60. The third kappa shape index (κ3) is 6.47. The Labute approximate surface area is 161 Å². The van der Waals surface area contributed by atoms with Gasteiger partial charge in [0.05, 0.1) is 0 Å². The molecule has 2 atom stereocenters. The lowest BCUT2D eigenvalue weighted by atomic mass is 9.77. The van der Waals surface area contributed by atoms with Crippen LogP contribution in [-0.2, 0) is 9.53 Å². The third-order valence-corrected chi connectivity index (χ3v) is 4.62. The lowest BCUT2D eigenvalue weighted by Gasteiger charge is -2.33. The van der Waals surface area contributed by atoms with E-state index < -0.39 is 0 Å². The highest BCUT2D eigenvalue weighted by Crippen LogP contribution is 2.37. The van der Waals surface area contributed by atoms with E-state index in [0.29, 0.717) is 18.3 Å². The molecule has 1 fully saturated rings. The van der Waals surface area contributed by atoms with Gasteiger partial charge in [-0.15, -0.1) is 0 Å². The minimum atomic E-state index is -0.318. The van der Waals surface area contributed by atoms with E-state index in [1.165, 1.54) is 17.5 Å². The fourth-order valence-electron chi connectivity index (χ4n) is 3.19. The molecule has 1 aliphatic heterocycles. The number of piperidine rings is 1. The number of carbonyl (C=O) groups excluding carboxylic acids is 1. The van der Waals surface area contributed by atoms with Gasteiger partial charge in [0.25, 0.3) is 6.47 Å². The molecule has 2 aromatic rings. The Bertz CT molecular complexity index is 682. The molecule has 1 heterocycles. The number of carbonyl (C=O) groups is 1. The molecule has 4 heteroatoms. The summed E-state index contributed by atoms with van der Waals surface area (Å²) in [7, 11) is 0. The molecule has 2 aromatic carbocycles. The van der Waals surface area contributed by atoms with Crippen LogP contribution in [0, 0.1) is 0 Å². The van der Waals surface area contributed by atoms with Gasteiger partial charge >= 0.3 is 0 Å². The van der Waals surface area contributed by atoms with Crippen molar-refractivity contribution in [2.45, 2.75) is 44.6 Å². The van der Waals surface area contributed by atoms with Gasteiger partial charge in [-0.05, 0) is 62.9 Å². The second kappa shape index (κ2) is 9.75. The van der Waals surface area contributed by atoms with E-state index in [1.807, 2.05) is 32.9 Å². The smallest absolute Gasteiger partial charge is 0.293 e. The topological polar surface area (TPSA) is 38.3 Å². The average Bonchev–Trinajstić information content (AvgIpc) is 2.62. The summed E-state index contributed by atoms with van der Waals surface area (Å²) in [5, 5.41) is 4.34. The number of ether oxygens (including phenoxy) is 1. The van der Waals surface area contributed by atoms with E-state index in [2.05, 4.69) is 52.5 Å². The fourth-order valence-corrected chi connectivity index (χ4v) is 3.39. The van der Waals surface area contributed by atoms with Crippen molar-refractivity contribution in [3.63, 3.8) is 0 Å². The molecule has 0 spiro atoms. The van der Waals surface area contributed by atoms with Crippen molar-refractivity contribution in [1.82, 2.24) is 5.32 Å². The standard InChI is InChI=1S/C17H18ClN.C5H10O2/c18-15-8-4-7-14(11-15)17-12-19-10-9-16(17)13-5-2-1-3-6-13;1-5(2,3)7-4-6/h1-8,11,16-17,19H,9-10,12H2;4H,1-3H3/t16-,17+;/m1./s1. The average molecular weight is 374 g/mol. The second-order valence-electron chi connectivity index (χ2n) is 7.50. The van der Waals surface area contributed by atoms with E-state index in [9.17, 15) is 4.79 Å². The Hall–Kier alpha value is -1.84. The van der Waals surface area contributed by atoms with Gasteiger partial charge in [-0.25, -0.2) is 0 Å². The van der Waals surface area contributed by atoms with Crippen LogP contribution >= 0.6 is 11.6 Å². The van der Waals surface area contributed by atoms with Crippen molar-refractivity contribution in [2.24, 2.45) is 0 Å². The van der Waals surface area contributed by atoms with Crippen LogP contribution in [0.1, 0.15) is 50.2 Å². The fraction of sp³-hybridized carbons (Fsp3) is 0.409. The molecule has 0 saturated carbocycles. The van der Waals surface area contributed by atoms with Crippen molar-refractivity contribution >= 4 is 18.1 Å². The molecule has 26 heavy (non-hydrogen) atoms. The molecule has 1 saturated heterocycles. The van der Waals surface area contributed by atoms with E-state index in [4.69, 9.17) is 11.6 Å². The first-order valence-electron chi connectivity index (χ1n) is 9.03. The first-order chi connectivity index (χ1) is 12.4. The highest BCUT2D eigenvalue weighted by Gasteiger charge is 2.27. The zero-order chi connectivity index (χ0) is 19.0. The van der Waals surface area contributed by atoms with Gasteiger partial charge < -0.3 is 10.1 Å². The van der Waals surface area contributed by atoms with Gasteiger partial charge in [-0.2, -0.15) is 0 Å². The molecule has 0 amide bonds. The van der Waals surface area contributed by atoms with Crippen LogP contribution in [0.5, 0.6) is 0 Å². The maximum absolute atomic E-state index is 9.60. The first kappa shape index (κ1) is 20.5. The van der Waals surface area contributed by atoms with E-state index in [0.717, 1.165) is 18.1 Å². The van der Waals surface area contributed by atoms with Gasteiger partial charge in [-0.1, -0.05) is 54.1 Å². The summed E-state index contributed by atoms with van der Waals surface area (Å²) in [5.41, 5.74) is 2.46. The van der Waals surface area contributed by atoms with Crippen LogP contribution in [-0.4, -0.2) is 25.2 Å². The summed E-state index contributed by atoms with van der Waals surface area (Å²) in [5.74, 6) is 1.09. The molecular formula is C22H28ClNO2. The molecule has 1 N–H and O–H groups in total. The summed E-state index contributed by atoms with van der Waals surface area (Å²) in [6.45, 7) is 8.04. The molecule has 3 nitrogen and oxygen atoms in total. The predicted molar refractivity (Wildman–Crippen MR) is 108 cm³/mol. The molecular weight excluding hydrogens is 346 g/mol. The van der Waals surface area contributed by atoms with Crippen LogP contribution in [0.2, 0.25) is 5.02 Å². The molecule has 1 aliphatic rings. The van der Waals surface area contributed by atoms with Gasteiger partial charge in [0, 0.05) is 17.5 Å². The van der Waals surface area contributed by atoms with Crippen LogP contribution in [0.25, 0.3) is 0 Å². The van der Waals surface area contributed by atoms with Gasteiger partial charge in [0.15, 0.2) is 0 Å². The maximum Gasteiger partial charge on any atom is 0.293 e. The number of nitrogens with one attached hydrogen (secondary N) is 1. The number of hydrogen-bond acceptors (Lipinski definition) is 3. The number of benzene rings is 2. The van der Waals surface area contributed by atoms with Gasteiger partial charge in [0.1, 0.15) is 5.60 Å². The monoisotopic (exact) mass is 373 g/mol. The summed E-state index contributed by atoms with van der Waals surface area (Å²) in [4.78, 5) is 9.60. The van der Waals surface area contributed by atoms with Gasteiger partial charge in [0.2, 0.25) is 0 Å². The SMILES string of the molecule is CC(C)(C)OC=O.Clc1cccc([C@@H]2CNCC[C@@H]2c2ccccc2)c1. The minimum absolute atomic E-state index is 0.318. The third-order valence-electron chi connectivity index (χ3n) is 4.39. The number of rotatable bonds is 3. The van der Waals surface area contributed by atoms with Crippen LogP contribution < -0.4 is 5.32 Å². The lowest BCUT2D eigenvalue weighted by molar-refractivity contribution is -0.138. The van der Waals surface area contributed by atoms with E-state index in [1.54, 1.807) is 0 Å². The molecule has 0 unspecified atom stereocenters. The normalized spacial score (nSPS) is 19.8. The Morgan fingerprint density at radius 2 is 1.73 bits per heavy atom. The molecule has 0 radical (unpaired) electrons. The highest BCUT2D eigenvalue weighted by atomic mass is 35.5. The molecule has 140 valence electrons. The number of halogens is 1. The van der Waals surface area contributed by atoms with Crippen molar-refractivity contribution in [3.05, 3.63) is 70.7 Å². The van der Waals surface area contributed by atoms with Crippen LogP contribution in [0.3, 0.4) is 0 Å². The predicted octanol–water partition coefficient (Wildman–Crippen LogP) is 5.16. The second-order valence-corrected chi connectivity index (χ2v) is 7.93. The Morgan fingerprint density at radius 1 is 1.04 bits per heavy atom. The Kier molecular flexibility index (Phi) is 7.67. The quantitative estimate of drug-likeness (QED) is 0.755. The van der Waals surface area contributed by atoms with Crippen molar-refractivity contribution in [3.8, 4) is 0 Å². The van der Waals surface area contributed by atoms with Crippen molar-refractivity contribution in [1.29, 1.82) is 0 Å². The molecule has 0 aliphatic carbocycles. The van der Waals surface area contributed by atoms with Gasteiger partial charge in [-0.3, -0.25) is 4.79 Å². The summed E-state index contributed by atoms with van der Waals surface area (Å²) >= 11 is 6.14. The summed E-state index contributed by atoms with van der Waals surface area (Å²) in [6.07, 6.45) is 1.18. The van der Waals surface area contributed by atoms with Crippen LogP contribution in [0.4, 0.5) is 0 Å². The van der Waals surface area contributed by atoms with E-state index in [-0.39, 0.29) is 5.60 Å². The number of hydrogen-bond donors (Lipinski definition) is 1. The molecule has 0 bridgehead atoms.